The molecule has 24 heavy (non-hydrogen) atoms. The minimum Gasteiger partial charge on any atom is -0.355 e. The van der Waals surface area contributed by atoms with Crippen LogP contribution in [0.5, 0.6) is 0 Å². The fraction of sp³-hybridized carbons (Fsp3) is 0.125. The van der Waals surface area contributed by atoms with E-state index in [9.17, 15) is 19.7 Å². The van der Waals surface area contributed by atoms with E-state index in [4.69, 9.17) is 11.6 Å². The van der Waals surface area contributed by atoms with Crippen LogP contribution in [0.3, 0.4) is 0 Å². The second kappa shape index (κ2) is 7.56. The molecule has 0 unspecified atom stereocenters. The first-order chi connectivity index (χ1) is 11.4. The standard InChI is InChI=1S/C16H14ClN3O4/c1-18-16(22)13-7-4-11(17)9-14(13)19-15(21)8-10-2-5-12(6-3-10)20(23)24/h2-7,9H,8H2,1H3,(H,18,22)(H,19,21). The molecule has 8 heteroatoms. The quantitative estimate of drug-likeness (QED) is 0.641. The number of nitrogens with one attached hydrogen (secondary N) is 2. The number of non-ortho nitro benzene ring substituents is 1. The predicted molar refractivity (Wildman–Crippen MR) is 90.3 cm³/mol. The van der Waals surface area contributed by atoms with Gasteiger partial charge in [0.2, 0.25) is 5.91 Å². The number of hydrogen-bond acceptors (Lipinski definition) is 4. The minimum atomic E-state index is -0.508. The number of rotatable bonds is 5. The number of anilines is 1. The summed E-state index contributed by atoms with van der Waals surface area (Å²) in [5.74, 6) is -0.714. The summed E-state index contributed by atoms with van der Waals surface area (Å²) in [4.78, 5) is 34.1. The van der Waals surface area contributed by atoms with Crippen molar-refractivity contribution < 1.29 is 14.5 Å². The van der Waals surface area contributed by atoms with E-state index in [-0.39, 0.29) is 23.9 Å². The van der Waals surface area contributed by atoms with Crippen LogP contribution in [0.4, 0.5) is 11.4 Å². The highest BCUT2D eigenvalue weighted by molar-refractivity contribution is 6.31. The zero-order chi connectivity index (χ0) is 17.7. The molecule has 0 saturated carbocycles. The Morgan fingerprint density at radius 1 is 1.17 bits per heavy atom. The van der Waals surface area contributed by atoms with Gasteiger partial charge in [-0.1, -0.05) is 23.7 Å². The van der Waals surface area contributed by atoms with E-state index in [2.05, 4.69) is 10.6 Å². The molecule has 2 rings (SSSR count). The number of hydrogen-bond donors (Lipinski definition) is 2. The van der Waals surface area contributed by atoms with Gasteiger partial charge in [0.05, 0.1) is 22.6 Å². The molecule has 0 aromatic heterocycles. The van der Waals surface area contributed by atoms with Crippen molar-refractivity contribution in [1.29, 1.82) is 0 Å². The smallest absolute Gasteiger partial charge is 0.269 e. The van der Waals surface area contributed by atoms with Gasteiger partial charge in [0.1, 0.15) is 0 Å². The van der Waals surface area contributed by atoms with Crippen LogP contribution in [0.15, 0.2) is 42.5 Å². The van der Waals surface area contributed by atoms with Crippen molar-refractivity contribution in [2.24, 2.45) is 0 Å². The van der Waals surface area contributed by atoms with Gasteiger partial charge in [0.25, 0.3) is 11.6 Å². The summed E-state index contributed by atoms with van der Waals surface area (Å²) in [7, 11) is 1.49. The lowest BCUT2D eigenvalue weighted by Gasteiger charge is -2.11. The lowest BCUT2D eigenvalue weighted by Crippen LogP contribution is -2.22. The number of nitro groups is 1. The fourth-order valence-corrected chi connectivity index (χ4v) is 2.24. The molecule has 0 bridgehead atoms. The second-order valence-corrected chi connectivity index (χ2v) is 5.35. The number of carbonyl (C=O) groups excluding carboxylic acids is 2. The van der Waals surface area contributed by atoms with Crippen LogP contribution >= 0.6 is 11.6 Å². The van der Waals surface area contributed by atoms with E-state index in [1.165, 1.54) is 43.4 Å². The van der Waals surface area contributed by atoms with Crippen molar-refractivity contribution in [2.45, 2.75) is 6.42 Å². The highest BCUT2D eigenvalue weighted by Gasteiger charge is 2.14. The molecule has 0 atom stereocenters. The summed E-state index contributed by atoms with van der Waals surface area (Å²) in [5, 5.41) is 16.1. The van der Waals surface area contributed by atoms with Crippen LogP contribution in [-0.2, 0) is 11.2 Å². The SMILES string of the molecule is CNC(=O)c1ccc(Cl)cc1NC(=O)Cc1ccc([N+](=O)[O-])cc1. The Morgan fingerprint density at radius 2 is 1.83 bits per heavy atom. The number of nitrogens with zero attached hydrogens (tertiary/aromatic N) is 1. The van der Waals surface area contributed by atoms with Gasteiger partial charge >= 0.3 is 0 Å². The van der Waals surface area contributed by atoms with Crippen molar-refractivity contribution in [3.63, 3.8) is 0 Å². The third kappa shape index (κ3) is 4.30. The van der Waals surface area contributed by atoms with Crippen molar-refractivity contribution >= 4 is 34.8 Å². The van der Waals surface area contributed by atoms with Gasteiger partial charge in [-0.05, 0) is 23.8 Å². The lowest BCUT2D eigenvalue weighted by atomic mass is 10.1. The summed E-state index contributed by atoms with van der Waals surface area (Å²) in [6, 6.07) is 10.2. The summed E-state index contributed by atoms with van der Waals surface area (Å²) < 4.78 is 0. The predicted octanol–water partition coefficient (Wildman–Crippen LogP) is 2.79. The maximum absolute atomic E-state index is 12.2. The number of halogens is 1. The molecule has 2 aromatic carbocycles. The molecule has 0 saturated heterocycles. The molecule has 2 amide bonds. The first-order valence-electron chi connectivity index (χ1n) is 6.95. The molecule has 0 spiro atoms. The van der Waals surface area contributed by atoms with Crippen LogP contribution in [-0.4, -0.2) is 23.8 Å². The third-order valence-electron chi connectivity index (χ3n) is 3.24. The highest BCUT2D eigenvalue weighted by atomic mass is 35.5. The first kappa shape index (κ1) is 17.4. The number of benzene rings is 2. The average Bonchev–Trinajstić information content (AvgIpc) is 2.54. The molecule has 124 valence electrons. The lowest BCUT2D eigenvalue weighted by molar-refractivity contribution is -0.384. The monoisotopic (exact) mass is 347 g/mol. The molecule has 2 aromatic rings. The third-order valence-corrected chi connectivity index (χ3v) is 3.47. The van der Waals surface area contributed by atoms with E-state index in [0.717, 1.165) is 0 Å². The summed E-state index contributed by atoms with van der Waals surface area (Å²) in [6.07, 6.45) is 0.0116. The Bertz CT molecular complexity index is 790. The molecule has 0 aliphatic carbocycles. The maximum Gasteiger partial charge on any atom is 0.269 e. The van der Waals surface area contributed by atoms with Crippen LogP contribution < -0.4 is 10.6 Å². The average molecular weight is 348 g/mol. The Morgan fingerprint density at radius 3 is 2.42 bits per heavy atom. The van der Waals surface area contributed by atoms with E-state index in [0.29, 0.717) is 21.8 Å². The van der Waals surface area contributed by atoms with Gasteiger partial charge in [-0.25, -0.2) is 0 Å². The van der Waals surface area contributed by atoms with Gasteiger partial charge in [-0.2, -0.15) is 0 Å². The molecular weight excluding hydrogens is 334 g/mol. The zero-order valence-electron chi connectivity index (χ0n) is 12.7. The number of amides is 2. The molecular formula is C16H14ClN3O4. The maximum atomic E-state index is 12.2. The molecule has 2 N–H and O–H groups in total. The molecule has 0 radical (unpaired) electrons. The van der Waals surface area contributed by atoms with Crippen LogP contribution in [0, 0.1) is 10.1 Å². The van der Waals surface area contributed by atoms with Crippen molar-refractivity contribution in [3.05, 3.63) is 68.7 Å². The van der Waals surface area contributed by atoms with E-state index >= 15 is 0 Å². The van der Waals surface area contributed by atoms with Crippen molar-refractivity contribution in [3.8, 4) is 0 Å². The summed E-state index contributed by atoms with van der Waals surface area (Å²) in [5.41, 5.74) is 1.16. The van der Waals surface area contributed by atoms with Gasteiger partial charge in [0.15, 0.2) is 0 Å². The molecule has 0 heterocycles. The van der Waals surface area contributed by atoms with E-state index in [1.54, 1.807) is 6.07 Å². The minimum absolute atomic E-state index is 0.0116. The summed E-state index contributed by atoms with van der Waals surface area (Å²) in [6.45, 7) is 0. The highest BCUT2D eigenvalue weighted by Crippen LogP contribution is 2.21. The largest absolute Gasteiger partial charge is 0.355 e. The van der Waals surface area contributed by atoms with Gasteiger partial charge in [-0.15, -0.1) is 0 Å². The van der Waals surface area contributed by atoms with E-state index in [1.807, 2.05) is 0 Å². The van der Waals surface area contributed by atoms with Crippen LogP contribution in [0.25, 0.3) is 0 Å². The molecule has 0 fully saturated rings. The second-order valence-electron chi connectivity index (χ2n) is 4.92. The Hall–Kier alpha value is -2.93. The van der Waals surface area contributed by atoms with Gasteiger partial charge in [-0.3, -0.25) is 19.7 Å². The molecule has 0 aliphatic heterocycles. The normalized spacial score (nSPS) is 10.1. The van der Waals surface area contributed by atoms with Crippen molar-refractivity contribution in [2.75, 3.05) is 12.4 Å². The van der Waals surface area contributed by atoms with Crippen molar-refractivity contribution in [1.82, 2.24) is 5.32 Å². The Labute approximate surface area is 142 Å². The zero-order valence-corrected chi connectivity index (χ0v) is 13.5. The molecule has 0 aliphatic rings. The Balaban J connectivity index is 2.13. The summed E-state index contributed by atoms with van der Waals surface area (Å²) >= 11 is 5.91. The van der Waals surface area contributed by atoms with E-state index < -0.39 is 4.92 Å². The van der Waals surface area contributed by atoms with Gasteiger partial charge < -0.3 is 10.6 Å². The topological polar surface area (TPSA) is 101 Å². The molecule has 7 nitrogen and oxygen atoms in total. The van der Waals surface area contributed by atoms with Crippen LogP contribution in [0.2, 0.25) is 5.02 Å². The number of carbonyl (C=O) groups is 2. The van der Waals surface area contributed by atoms with Crippen LogP contribution in [0.1, 0.15) is 15.9 Å². The first-order valence-corrected chi connectivity index (χ1v) is 7.33. The van der Waals surface area contributed by atoms with Gasteiger partial charge in [0, 0.05) is 24.2 Å². The Kier molecular flexibility index (Phi) is 5.49. The number of nitro benzene ring substituents is 1. The fourth-order valence-electron chi connectivity index (χ4n) is 2.07.